The van der Waals surface area contributed by atoms with Gasteiger partial charge in [-0.05, 0) is 43.4 Å². The Morgan fingerprint density at radius 1 is 1.17 bits per heavy atom. The Morgan fingerprint density at radius 2 is 1.96 bits per heavy atom. The van der Waals surface area contributed by atoms with Crippen LogP contribution in [0.3, 0.4) is 0 Å². The zero-order valence-corrected chi connectivity index (χ0v) is 14.5. The van der Waals surface area contributed by atoms with Gasteiger partial charge in [0.25, 0.3) is 0 Å². The molecule has 5 heteroatoms. The van der Waals surface area contributed by atoms with Crippen molar-refractivity contribution in [1.29, 1.82) is 0 Å². The second-order valence-corrected chi connectivity index (χ2v) is 6.87. The van der Waals surface area contributed by atoms with E-state index in [1.54, 1.807) is 7.05 Å². The normalized spacial score (nSPS) is 19.0. The van der Waals surface area contributed by atoms with Crippen LogP contribution in [0.15, 0.2) is 29.3 Å². The zero-order valence-electron chi connectivity index (χ0n) is 14.5. The molecule has 0 atom stereocenters. The lowest BCUT2D eigenvalue weighted by atomic mass is 9.85. The van der Waals surface area contributed by atoms with Crippen molar-refractivity contribution >= 4 is 17.6 Å². The lowest BCUT2D eigenvalue weighted by Gasteiger charge is -2.24. The molecule has 2 fully saturated rings. The molecule has 0 unspecified atom stereocenters. The Hall–Kier alpha value is -2.04. The molecule has 0 heterocycles. The van der Waals surface area contributed by atoms with E-state index in [4.69, 9.17) is 0 Å². The van der Waals surface area contributed by atoms with E-state index >= 15 is 0 Å². The largest absolute Gasteiger partial charge is 0.354 e. The summed E-state index contributed by atoms with van der Waals surface area (Å²) in [6.45, 7) is 0.694. The summed E-state index contributed by atoms with van der Waals surface area (Å²) in [5, 5.41) is 9.88. The predicted molar refractivity (Wildman–Crippen MR) is 98.0 cm³/mol. The Morgan fingerprint density at radius 3 is 2.62 bits per heavy atom. The quantitative estimate of drug-likeness (QED) is 0.575. The van der Waals surface area contributed by atoms with Gasteiger partial charge in [-0.25, -0.2) is 0 Å². The first-order chi connectivity index (χ1) is 11.7. The second kappa shape index (κ2) is 8.18. The van der Waals surface area contributed by atoms with E-state index in [0.717, 1.165) is 30.1 Å². The average molecular weight is 328 g/mol. The van der Waals surface area contributed by atoms with Crippen LogP contribution in [-0.4, -0.2) is 25.0 Å². The topological polar surface area (TPSA) is 65.5 Å². The summed E-state index contributed by atoms with van der Waals surface area (Å²) in [7, 11) is 1.81. The molecule has 5 nitrogen and oxygen atoms in total. The third kappa shape index (κ3) is 4.49. The lowest BCUT2D eigenvalue weighted by molar-refractivity contribution is -0.122. The number of nitrogens with one attached hydrogen (secondary N) is 3. The van der Waals surface area contributed by atoms with Crippen LogP contribution in [0, 0.1) is 5.92 Å². The number of guanidine groups is 1. The van der Waals surface area contributed by atoms with Gasteiger partial charge in [-0.15, -0.1) is 0 Å². The molecule has 3 rings (SSSR count). The minimum absolute atomic E-state index is 0.157. The van der Waals surface area contributed by atoms with Crippen LogP contribution in [0.1, 0.15) is 50.5 Å². The first-order valence-electron chi connectivity index (χ1n) is 9.11. The van der Waals surface area contributed by atoms with Gasteiger partial charge in [0.1, 0.15) is 0 Å². The smallest absolute Gasteiger partial charge is 0.227 e. The molecule has 0 bridgehead atoms. The minimum Gasteiger partial charge on any atom is -0.354 e. The van der Waals surface area contributed by atoms with Gasteiger partial charge in [-0.2, -0.15) is 0 Å². The fourth-order valence-electron chi connectivity index (χ4n) is 3.32. The van der Waals surface area contributed by atoms with Crippen molar-refractivity contribution in [2.75, 3.05) is 12.4 Å². The molecule has 0 spiro atoms. The Bertz CT molecular complexity index is 589. The van der Waals surface area contributed by atoms with Crippen LogP contribution >= 0.6 is 0 Å². The fourth-order valence-corrected chi connectivity index (χ4v) is 3.32. The van der Waals surface area contributed by atoms with E-state index < -0.39 is 0 Å². The number of aliphatic imine (C=N–C) groups is 1. The second-order valence-electron chi connectivity index (χ2n) is 6.87. The Labute approximate surface area is 144 Å². The molecule has 3 N–H and O–H groups in total. The van der Waals surface area contributed by atoms with Crippen molar-refractivity contribution in [1.82, 2.24) is 10.6 Å². The summed E-state index contributed by atoms with van der Waals surface area (Å²) in [4.78, 5) is 16.4. The molecule has 2 aliphatic carbocycles. The molecule has 1 aromatic carbocycles. The highest BCUT2D eigenvalue weighted by Gasteiger charge is 2.25. The molecule has 130 valence electrons. The van der Waals surface area contributed by atoms with Crippen molar-refractivity contribution in [2.45, 2.75) is 57.5 Å². The number of amides is 1. The van der Waals surface area contributed by atoms with E-state index in [0.29, 0.717) is 12.6 Å². The molecule has 2 aliphatic rings. The van der Waals surface area contributed by atoms with Crippen molar-refractivity contribution in [3.05, 3.63) is 29.8 Å². The number of carbonyl (C=O) groups is 1. The maximum atomic E-state index is 12.1. The molecular weight excluding hydrogens is 300 g/mol. The van der Waals surface area contributed by atoms with Gasteiger partial charge in [0.05, 0.1) is 0 Å². The summed E-state index contributed by atoms with van der Waals surface area (Å²) in [6, 6.07) is 8.58. The SMILES string of the molecule is CN=C(NCc1cccc(NC(=O)C2CCC2)c1)NC1CCCC1. The molecule has 1 aromatic rings. The molecule has 2 saturated carbocycles. The third-order valence-corrected chi connectivity index (χ3v) is 5.05. The van der Waals surface area contributed by atoms with Crippen LogP contribution in [0.25, 0.3) is 0 Å². The fraction of sp³-hybridized carbons (Fsp3) is 0.579. The van der Waals surface area contributed by atoms with Gasteiger partial charge >= 0.3 is 0 Å². The summed E-state index contributed by atoms with van der Waals surface area (Å²) < 4.78 is 0. The minimum atomic E-state index is 0.157. The van der Waals surface area contributed by atoms with Crippen molar-refractivity contribution in [3.8, 4) is 0 Å². The monoisotopic (exact) mass is 328 g/mol. The molecule has 0 radical (unpaired) electrons. The molecule has 0 aromatic heterocycles. The average Bonchev–Trinajstić information content (AvgIpc) is 3.03. The number of nitrogens with zero attached hydrogens (tertiary/aromatic N) is 1. The highest BCUT2D eigenvalue weighted by molar-refractivity contribution is 5.93. The van der Waals surface area contributed by atoms with Crippen molar-refractivity contribution in [3.63, 3.8) is 0 Å². The van der Waals surface area contributed by atoms with Gasteiger partial charge in [-0.3, -0.25) is 9.79 Å². The Balaban J connectivity index is 1.50. The van der Waals surface area contributed by atoms with Crippen molar-refractivity contribution < 1.29 is 4.79 Å². The molecule has 1 amide bonds. The van der Waals surface area contributed by atoms with E-state index in [1.165, 1.54) is 32.1 Å². The lowest BCUT2D eigenvalue weighted by Crippen LogP contribution is -2.41. The summed E-state index contributed by atoms with van der Waals surface area (Å²) in [5.74, 6) is 1.22. The number of hydrogen-bond acceptors (Lipinski definition) is 2. The maximum Gasteiger partial charge on any atom is 0.227 e. The number of anilines is 1. The third-order valence-electron chi connectivity index (χ3n) is 5.05. The van der Waals surface area contributed by atoms with E-state index in [2.05, 4.69) is 27.0 Å². The first kappa shape index (κ1) is 16.8. The molecule has 24 heavy (non-hydrogen) atoms. The first-order valence-corrected chi connectivity index (χ1v) is 9.11. The Kier molecular flexibility index (Phi) is 5.72. The van der Waals surface area contributed by atoms with Crippen LogP contribution in [-0.2, 0) is 11.3 Å². The highest BCUT2D eigenvalue weighted by Crippen LogP contribution is 2.27. The zero-order chi connectivity index (χ0) is 16.8. The number of rotatable bonds is 5. The molecule has 0 aliphatic heterocycles. The van der Waals surface area contributed by atoms with E-state index in [-0.39, 0.29) is 11.8 Å². The molecular formula is C19H28N4O. The van der Waals surface area contributed by atoms with Crippen LogP contribution in [0.2, 0.25) is 0 Å². The maximum absolute atomic E-state index is 12.1. The van der Waals surface area contributed by atoms with Gasteiger partial charge in [-0.1, -0.05) is 31.4 Å². The molecule has 0 saturated heterocycles. The summed E-state index contributed by atoms with van der Waals surface area (Å²) in [5.41, 5.74) is 2.01. The summed E-state index contributed by atoms with van der Waals surface area (Å²) >= 11 is 0. The van der Waals surface area contributed by atoms with Crippen LogP contribution < -0.4 is 16.0 Å². The van der Waals surface area contributed by atoms with E-state index in [1.807, 2.05) is 18.2 Å². The van der Waals surface area contributed by atoms with Crippen LogP contribution in [0.5, 0.6) is 0 Å². The van der Waals surface area contributed by atoms with Crippen molar-refractivity contribution in [2.24, 2.45) is 10.9 Å². The van der Waals surface area contributed by atoms with E-state index in [9.17, 15) is 4.79 Å². The van der Waals surface area contributed by atoms with Gasteiger partial charge in [0.2, 0.25) is 5.91 Å². The summed E-state index contributed by atoms with van der Waals surface area (Å²) in [6.07, 6.45) is 8.28. The standard InChI is InChI=1S/C19H28N4O/c1-20-19(23-16-9-2-3-10-16)21-13-14-6-4-11-17(12-14)22-18(24)15-7-5-8-15/h4,6,11-12,15-16H,2-3,5,7-10,13H2,1H3,(H,22,24)(H2,20,21,23). The predicted octanol–water partition coefficient (Wildman–Crippen LogP) is 3.03. The van der Waals surface area contributed by atoms with Gasteiger partial charge < -0.3 is 16.0 Å². The highest BCUT2D eigenvalue weighted by atomic mass is 16.1. The number of benzene rings is 1. The van der Waals surface area contributed by atoms with Crippen LogP contribution in [0.4, 0.5) is 5.69 Å². The number of carbonyl (C=O) groups excluding carboxylic acids is 1. The van der Waals surface area contributed by atoms with Gasteiger partial charge in [0, 0.05) is 31.2 Å². The number of hydrogen-bond donors (Lipinski definition) is 3. The van der Waals surface area contributed by atoms with Gasteiger partial charge in [0.15, 0.2) is 5.96 Å².